The molecule has 1 aliphatic heterocycles. The van der Waals surface area contributed by atoms with Gasteiger partial charge in [-0.3, -0.25) is 4.79 Å². The van der Waals surface area contributed by atoms with Gasteiger partial charge >= 0.3 is 12.1 Å². The average molecular weight is 272 g/mol. The number of piperidine rings is 1. The molecule has 1 atom stereocenters. The van der Waals surface area contributed by atoms with Crippen LogP contribution >= 0.6 is 0 Å². The molecule has 3 N–H and O–H groups in total. The molecule has 1 fully saturated rings. The van der Waals surface area contributed by atoms with E-state index in [1.807, 2.05) is 0 Å². The molecule has 110 valence electrons. The molecule has 0 spiro atoms. The highest BCUT2D eigenvalue weighted by Crippen LogP contribution is 2.19. The average Bonchev–Trinajstić information content (AvgIpc) is 2.26. The van der Waals surface area contributed by atoms with Crippen LogP contribution in [0.15, 0.2) is 0 Å². The second kappa shape index (κ2) is 6.75. The van der Waals surface area contributed by atoms with Gasteiger partial charge in [-0.25, -0.2) is 4.79 Å². The van der Waals surface area contributed by atoms with Crippen LogP contribution in [0.1, 0.15) is 40.0 Å². The van der Waals surface area contributed by atoms with E-state index in [0.29, 0.717) is 0 Å². The van der Waals surface area contributed by atoms with Crippen molar-refractivity contribution in [3.05, 3.63) is 0 Å². The largest absolute Gasteiger partial charge is 0.481 e. The van der Waals surface area contributed by atoms with Gasteiger partial charge in [0.1, 0.15) is 5.60 Å². The number of hydrogen-bond acceptors (Lipinski definition) is 4. The first-order valence-electron chi connectivity index (χ1n) is 6.70. The van der Waals surface area contributed by atoms with Crippen molar-refractivity contribution in [1.82, 2.24) is 10.6 Å². The molecule has 1 rings (SSSR count). The molecule has 0 aliphatic carbocycles. The fourth-order valence-corrected chi connectivity index (χ4v) is 2.23. The summed E-state index contributed by atoms with van der Waals surface area (Å²) in [6, 6.07) is -0.366. The maximum atomic E-state index is 11.8. The molecule has 0 radical (unpaired) electrons. The van der Waals surface area contributed by atoms with E-state index in [0.717, 1.165) is 25.9 Å². The fraction of sp³-hybridized carbons (Fsp3) is 0.846. The SMILES string of the molecule is CC(C)(C)OC(=O)N[C@H](CC(=O)O)C1CCNCC1. The van der Waals surface area contributed by atoms with Crippen LogP contribution < -0.4 is 10.6 Å². The van der Waals surface area contributed by atoms with Crippen LogP contribution in [0.4, 0.5) is 4.79 Å². The zero-order valence-electron chi connectivity index (χ0n) is 11.9. The van der Waals surface area contributed by atoms with Crippen molar-refractivity contribution >= 4 is 12.1 Å². The summed E-state index contributed by atoms with van der Waals surface area (Å²) in [4.78, 5) is 22.7. The number of carboxylic acids is 1. The third-order valence-electron chi connectivity index (χ3n) is 3.05. The minimum atomic E-state index is -0.903. The number of nitrogens with one attached hydrogen (secondary N) is 2. The summed E-state index contributed by atoms with van der Waals surface area (Å²) in [6.45, 7) is 7.06. The van der Waals surface area contributed by atoms with E-state index in [1.54, 1.807) is 20.8 Å². The third kappa shape index (κ3) is 6.42. The molecule has 6 heteroatoms. The Labute approximate surface area is 113 Å². The minimum absolute atomic E-state index is 0.0656. The lowest BCUT2D eigenvalue weighted by Crippen LogP contribution is -2.47. The van der Waals surface area contributed by atoms with Crippen LogP contribution in [0.3, 0.4) is 0 Å². The lowest BCUT2D eigenvalue weighted by molar-refractivity contribution is -0.137. The van der Waals surface area contributed by atoms with Gasteiger partial charge in [-0.2, -0.15) is 0 Å². The van der Waals surface area contributed by atoms with Gasteiger partial charge in [-0.05, 0) is 52.6 Å². The summed E-state index contributed by atoms with van der Waals surface area (Å²) in [7, 11) is 0. The number of rotatable bonds is 4. The summed E-state index contributed by atoms with van der Waals surface area (Å²) in [6.07, 6.45) is 1.13. The summed E-state index contributed by atoms with van der Waals surface area (Å²) in [5.74, 6) is -0.718. The van der Waals surface area contributed by atoms with E-state index < -0.39 is 17.7 Å². The number of carbonyl (C=O) groups excluding carboxylic acids is 1. The van der Waals surface area contributed by atoms with Crippen molar-refractivity contribution in [3.8, 4) is 0 Å². The number of alkyl carbamates (subject to hydrolysis) is 1. The Hall–Kier alpha value is -1.30. The Morgan fingerprint density at radius 1 is 1.37 bits per heavy atom. The number of hydrogen-bond donors (Lipinski definition) is 3. The molecule has 0 aromatic rings. The zero-order valence-corrected chi connectivity index (χ0v) is 11.9. The Kier molecular flexibility index (Phi) is 5.60. The molecule has 1 aliphatic rings. The fourth-order valence-electron chi connectivity index (χ4n) is 2.23. The Morgan fingerprint density at radius 2 is 1.95 bits per heavy atom. The van der Waals surface area contributed by atoms with E-state index in [9.17, 15) is 9.59 Å². The second-order valence-electron chi connectivity index (χ2n) is 5.94. The number of carbonyl (C=O) groups is 2. The first kappa shape index (κ1) is 15.8. The molecule has 0 aromatic carbocycles. The van der Waals surface area contributed by atoms with Crippen molar-refractivity contribution in [2.75, 3.05) is 13.1 Å². The summed E-state index contributed by atoms with van der Waals surface area (Å²) in [5.41, 5.74) is -0.577. The summed E-state index contributed by atoms with van der Waals surface area (Å²) in [5, 5.41) is 14.9. The van der Waals surface area contributed by atoms with E-state index in [-0.39, 0.29) is 18.4 Å². The molecule has 1 saturated heterocycles. The summed E-state index contributed by atoms with van der Waals surface area (Å²) < 4.78 is 5.18. The number of aliphatic carboxylic acids is 1. The van der Waals surface area contributed by atoms with Crippen LogP contribution in [0.5, 0.6) is 0 Å². The van der Waals surface area contributed by atoms with Gasteiger partial charge in [0.25, 0.3) is 0 Å². The maximum Gasteiger partial charge on any atom is 0.407 e. The van der Waals surface area contributed by atoms with Crippen molar-refractivity contribution in [3.63, 3.8) is 0 Å². The Balaban J connectivity index is 2.58. The number of carboxylic acid groups (broad SMARTS) is 1. The molecule has 1 heterocycles. The minimum Gasteiger partial charge on any atom is -0.481 e. The smallest absolute Gasteiger partial charge is 0.407 e. The molecule has 19 heavy (non-hydrogen) atoms. The van der Waals surface area contributed by atoms with Crippen LogP contribution in [-0.4, -0.2) is 41.9 Å². The number of amides is 1. The topological polar surface area (TPSA) is 87.7 Å². The zero-order chi connectivity index (χ0) is 14.5. The highest BCUT2D eigenvalue weighted by atomic mass is 16.6. The van der Waals surface area contributed by atoms with Crippen LogP contribution in [0.2, 0.25) is 0 Å². The third-order valence-corrected chi connectivity index (χ3v) is 3.05. The van der Waals surface area contributed by atoms with Crippen molar-refractivity contribution in [1.29, 1.82) is 0 Å². The van der Waals surface area contributed by atoms with Gasteiger partial charge in [0.15, 0.2) is 0 Å². The van der Waals surface area contributed by atoms with E-state index in [2.05, 4.69) is 10.6 Å². The Bertz CT molecular complexity index is 319. The molecular formula is C13H24N2O4. The molecule has 0 saturated carbocycles. The molecular weight excluding hydrogens is 248 g/mol. The quantitative estimate of drug-likeness (QED) is 0.719. The lowest BCUT2D eigenvalue weighted by Gasteiger charge is -2.31. The number of ether oxygens (including phenoxy) is 1. The van der Waals surface area contributed by atoms with Gasteiger partial charge in [-0.15, -0.1) is 0 Å². The first-order valence-corrected chi connectivity index (χ1v) is 6.70. The van der Waals surface area contributed by atoms with Crippen molar-refractivity contribution in [2.45, 2.75) is 51.7 Å². The molecule has 1 amide bonds. The highest BCUT2D eigenvalue weighted by Gasteiger charge is 2.28. The molecule has 0 unspecified atom stereocenters. The highest BCUT2D eigenvalue weighted by molar-refractivity contribution is 5.71. The van der Waals surface area contributed by atoms with Gasteiger partial charge in [0, 0.05) is 6.04 Å². The van der Waals surface area contributed by atoms with Crippen LogP contribution in [0.25, 0.3) is 0 Å². The van der Waals surface area contributed by atoms with E-state index in [4.69, 9.17) is 9.84 Å². The molecule has 6 nitrogen and oxygen atoms in total. The molecule has 0 aromatic heterocycles. The summed E-state index contributed by atoms with van der Waals surface area (Å²) >= 11 is 0. The maximum absolute atomic E-state index is 11.8. The standard InChI is InChI=1S/C13H24N2O4/c1-13(2,3)19-12(18)15-10(8-11(16)17)9-4-6-14-7-5-9/h9-10,14H,4-8H2,1-3H3,(H,15,18)(H,16,17)/t10-/m1/s1. The van der Waals surface area contributed by atoms with E-state index >= 15 is 0 Å². The van der Waals surface area contributed by atoms with Crippen LogP contribution in [0, 0.1) is 5.92 Å². The predicted octanol–water partition coefficient (Wildman–Crippen LogP) is 1.35. The predicted molar refractivity (Wildman–Crippen MR) is 71.0 cm³/mol. The second-order valence-corrected chi connectivity index (χ2v) is 5.94. The van der Waals surface area contributed by atoms with Gasteiger partial charge < -0.3 is 20.5 Å². The van der Waals surface area contributed by atoms with E-state index in [1.165, 1.54) is 0 Å². The molecule has 0 bridgehead atoms. The van der Waals surface area contributed by atoms with Gasteiger partial charge in [0.05, 0.1) is 6.42 Å². The van der Waals surface area contributed by atoms with Crippen molar-refractivity contribution in [2.24, 2.45) is 5.92 Å². The Morgan fingerprint density at radius 3 is 2.42 bits per heavy atom. The van der Waals surface area contributed by atoms with Gasteiger partial charge in [-0.1, -0.05) is 0 Å². The van der Waals surface area contributed by atoms with Crippen molar-refractivity contribution < 1.29 is 19.4 Å². The monoisotopic (exact) mass is 272 g/mol. The van der Waals surface area contributed by atoms with Gasteiger partial charge in [0.2, 0.25) is 0 Å². The first-order chi connectivity index (χ1) is 8.78. The normalized spacial score (nSPS) is 18.7. The lowest BCUT2D eigenvalue weighted by atomic mass is 9.88. The van der Waals surface area contributed by atoms with Crippen LogP contribution in [-0.2, 0) is 9.53 Å².